The van der Waals surface area contributed by atoms with E-state index in [1.165, 1.54) is 96.6 Å². The van der Waals surface area contributed by atoms with E-state index in [1.807, 2.05) is 11.3 Å². The molecular weight excluding hydrogens is 585 g/mol. The smallest absolute Gasteiger partial charge is 0.0433 e. The third kappa shape index (κ3) is 4.14. The molecule has 0 radical (unpaired) electrons. The van der Waals surface area contributed by atoms with Gasteiger partial charge < -0.3 is 0 Å². The van der Waals surface area contributed by atoms with Crippen molar-refractivity contribution in [2.24, 2.45) is 0 Å². The van der Waals surface area contributed by atoms with Crippen LogP contribution in [-0.4, -0.2) is 0 Å². The second kappa shape index (κ2) is 10.4. The van der Waals surface area contributed by atoms with Crippen LogP contribution in [0.15, 0.2) is 170 Å². The Hall–Kier alpha value is -5.76. The number of rotatable bonds is 3. The molecule has 10 aromatic rings. The second-order valence-electron chi connectivity index (χ2n) is 12.5. The molecule has 10 rings (SSSR count). The van der Waals surface area contributed by atoms with Gasteiger partial charge in [-0.3, -0.25) is 0 Å². The zero-order chi connectivity index (χ0) is 30.9. The van der Waals surface area contributed by atoms with Crippen molar-refractivity contribution < 1.29 is 0 Å². The molecule has 0 nitrogen and oxygen atoms in total. The van der Waals surface area contributed by atoms with Crippen molar-refractivity contribution in [1.82, 2.24) is 0 Å². The SMILES string of the molecule is c1ccc(-c2c3ccccc3c(-c3ccc4cc(-c5cccc6c5sc5cc7ccccc7cc56)ccc4c3)c3ccccc23)cc1. The summed E-state index contributed by atoms with van der Waals surface area (Å²) < 4.78 is 2.69. The molecule has 0 aliphatic rings. The normalized spacial score (nSPS) is 11.8. The van der Waals surface area contributed by atoms with E-state index >= 15 is 0 Å². The first-order valence-electron chi connectivity index (χ1n) is 16.2. The van der Waals surface area contributed by atoms with E-state index in [-0.39, 0.29) is 0 Å². The van der Waals surface area contributed by atoms with Gasteiger partial charge in [0.05, 0.1) is 0 Å². The summed E-state index contributed by atoms with van der Waals surface area (Å²) >= 11 is 1.90. The Kier molecular flexibility index (Phi) is 5.85. The minimum absolute atomic E-state index is 1.25. The summed E-state index contributed by atoms with van der Waals surface area (Å²) in [5, 5.41) is 12.9. The van der Waals surface area contributed by atoms with Gasteiger partial charge in [-0.05, 0) is 101 Å². The molecule has 0 aliphatic heterocycles. The first kappa shape index (κ1) is 26.5. The average Bonchev–Trinajstić information content (AvgIpc) is 3.50. The highest BCUT2D eigenvalue weighted by molar-refractivity contribution is 7.26. The first-order chi connectivity index (χ1) is 23.3. The minimum atomic E-state index is 1.25. The molecule has 0 saturated carbocycles. The van der Waals surface area contributed by atoms with Crippen LogP contribution in [-0.2, 0) is 0 Å². The third-order valence-electron chi connectivity index (χ3n) is 9.80. The van der Waals surface area contributed by atoms with Gasteiger partial charge in [0.25, 0.3) is 0 Å². The van der Waals surface area contributed by atoms with Crippen LogP contribution in [0, 0.1) is 0 Å². The fraction of sp³-hybridized carbons (Fsp3) is 0. The van der Waals surface area contributed by atoms with Crippen molar-refractivity contribution in [3.63, 3.8) is 0 Å². The Morgan fingerprint density at radius 2 is 0.809 bits per heavy atom. The highest BCUT2D eigenvalue weighted by Crippen LogP contribution is 2.45. The molecule has 47 heavy (non-hydrogen) atoms. The lowest BCUT2D eigenvalue weighted by Crippen LogP contribution is -1.90. The summed E-state index contributed by atoms with van der Waals surface area (Å²) in [5.41, 5.74) is 7.65. The number of benzene rings is 9. The van der Waals surface area contributed by atoms with E-state index in [0.717, 1.165) is 0 Å². The molecule has 0 aliphatic carbocycles. The van der Waals surface area contributed by atoms with Crippen LogP contribution in [0.2, 0.25) is 0 Å². The molecule has 1 heterocycles. The maximum absolute atomic E-state index is 2.38. The summed E-state index contributed by atoms with van der Waals surface area (Å²) in [6.45, 7) is 0. The Labute approximate surface area is 276 Å². The zero-order valence-electron chi connectivity index (χ0n) is 25.6. The molecule has 0 saturated heterocycles. The van der Waals surface area contributed by atoms with Gasteiger partial charge in [-0.1, -0.05) is 146 Å². The van der Waals surface area contributed by atoms with Crippen LogP contribution in [0.5, 0.6) is 0 Å². The summed E-state index contributed by atoms with van der Waals surface area (Å²) in [7, 11) is 0. The monoisotopic (exact) mass is 612 g/mol. The quantitative estimate of drug-likeness (QED) is 0.174. The summed E-state index contributed by atoms with van der Waals surface area (Å²) in [6, 6.07) is 62.7. The Bertz CT molecular complexity index is 2780. The zero-order valence-corrected chi connectivity index (χ0v) is 26.4. The van der Waals surface area contributed by atoms with Crippen molar-refractivity contribution in [2.45, 2.75) is 0 Å². The molecule has 0 amide bonds. The van der Waals surface area contributed by atoms with Gasteiger partial charge in [0, 0.05) is 20.2 Å². The molecule has 0 N–H and O–H groups in total. The van der Waals surface area contributed by atoms with Crippen LogP contribution in [0.1, 0.15) is 0 Å². The number of thiophene rings is 1. The van der Waals surface area contributed by atoms with Gasteiger partial charge in [0.2, 0.25) is 0 Å². The molecule has 0 fully saturated rings. The summed E-state index contributed by atoms with van der Waals surface area (Å²) in [4.78, 5) is 0. The van der Waals surface area contributed by atoms with E-state index in [2.05, 4.69) is 170 Å². The molecular formula is C46H28S. The molecule has 0 spiro atoms. The predicted molar refractivity (Wildman–Crippen MR) is 206 cm³/mol. The Balaban J connectivity index is 1.14. The molecule has 0 atom stereocenters. The van der Waals surface area contributed by atoms with E-state index in [4.69, 9.17) is 0 Å². The summed E-state index contributed by atoms with van der Waals surface area (Å²) in [5.74, 6) is 0. The van der Waals surface area contributed by atoms with Gasteiger partial charge in [-0.15, -0.1) is 11.3 Å². The third-order valence-corrected chi connectivity index (χ3v) is 11.0. The van der Waals surface area contributed by atoms with Crippen LogP contribution < -0.4 is 0 Å². The lowest BCUT2D eigenvalue weighted by Gasteiger charge is -2.18. The van der Waals surface area contributed by atoms with Gasteiger partial charge in [-0.2, -0.15) is 0 Å². The van der Waals surface area contributed by atoms with Crippen molar-refractivity contribution >= 4 is 74.6 Å². The summed E-state index contributed by atoms with van der Waals surface area (Å²) in [6.07, 6.45) is 0. The predicted octanol–water partition coefficient (Wildman–Crippen LogP) is 13.7. The van der Waals surface area contributed by atoms with Gasteiger partial charge >= 0.3 is 0 Å². The maximum atomic E-state index is 2.38. The van der Waals surface area contributed by atoms with Crippen LogP contribution in [0.4, 0.5) is 0 Å². The molecule has 1 aromatic heterocycles. The Morgan fingerprint density at radius 1 is 0.298 bits per heavy atom. The van der Waals surface area contributed by atoms with E-state index in [0.29, 0.717) is 0 Å². The fourth-order valence-corrected chi connectivity index (χ4v) is 8.90. The van der Waals surface area contributed by atoms with Gasteiger partial charge in [0.1, 0.15) is 0 Å². The van der Waals surface area contributed by atoms with E-state index in [9.17, 15) is 0 Å². The number of hydrogen-bond acceptors (Lipinski definition) is 1. The van der Waals surface area contributed by atoms with Gasteiger partial charge in [0.15, 0.2) is 0 Å². The van der Waals surface area contributed by atoms with Gasteiger partial charge in [-0.25, -0.2) is 0 Å². The van der Waals surface area contributed by atoms with Crippen molar-refractivity contribution in [2.75, 3.05) is 0 Å². The molecule has 1 heteroatoms. The number of fused-ring (bicyclic) bond motifs is 7. The Morgan fingerprint density at radius 3 is 1.49 bits per heavy atom. The highest BCUT2D eigenvalue weighted by Gasteiger charge is 2.17. The van der Waals surface area contributed by atoms with Crippen LogP contribution >= 0.6 is 11.3 Å². The standard InChI is InChI=1S/C46H28S/c1-2-11-29(12-3-1)44-37-15-6-8-17-39(37)45(40-18-9-7-16-38(40)44)35-24-22-32-25-34(23-21-33(32)26-35)36-19-10-20-41-42-27-30-13-4-5-14-31(30)28-43(42)47-46(36)41/h1-28H. The molecule has 218 valence electrons. The average molecular weight is 613 g/mol. The fourth-order valence-electron chi connectivity index (χ4n) is 7.63. The van der Waals surface area contributed by atoms with Crippen molar-refractivity contribution in [1.29, 1.82) is 0 Å². The van der Waals surface area contributed by atoms with Crippen LogP contribution in [0.3, 0.4) is 0 Å². The number of hydrogen-bond donors (Lipinski definition) is 0. The lowest BCUT2D eigenvalue weighted by molar-refractivity contribution is 1.66. The van der Waals surface area contributed by atoms with Crippen molar-refractivity contribution in [3.05, 3.63) is 170 Å². The first-order valence-corrected chi connectivity index (χ1v) is 17.0. The molecule has 0 bridgehead atoms. The maximum Gasteiger partial charge on any atom is 0.0433 e. The van der Waals surface area contributed by atoms with Crippen LogP contribution in [0.25, 0.3) is 96.6 Å². The topological polar surface area (TPSA) is 0 Å². The van der Waals surface area contributed by atoms with E-state index < -0.39 is 0 Å². The molecule has 0 unspecified atom stereocenters. The second-order valence-corrected chi connectivity index (χ2v) is 13.5. The van der Waals surface area contributed by atoms with Crippen molar-refractivity contribution in [3.8, 4) is 33.4 Å². The lowest BCUT2D eigenvalue weighted by atomic mass is 9.85. The highest BCUT2D eigenvalue weighted by atomic mass is 32.1. The molecule has 9 aromatic carbocycles. The van der Waals surface area contributed by atoms with E-state index in [1.54, 1.807) is 0 Å². The minimum Gasteiger partial charge on any atom is -0.135 e. The largest absolute Gasteiger partial charge is 0.135 e.